The van der Waals surface area contributed by atoms with Gasteiger partial charge in [-0.3, -0.25) is 0 Å². The number of ether oxygens (including phenoxy) is 1. The fraction of sp³-hybridized carbons (Fsp3) is 0.263. The maximum Gasteiger partial charge on any atom is 0.141 e. The molecule has 134 valence electrons. The third-order valence-corrected chi connectivity index (χ3v) is 3.32. The number of anilines is 2. The van der Waals surface area contributed by atoms with Gasteiger partial charge in [-0.1, -0.05) is 39.3 Å². The summed E-state index contributed by atoms with van der Waals surface area (Å²) in [7, 11) is 1.60. The molecular formula is C19H23ClFN3O. The highest BCUT2D eigenvalue weighted by Gasteiger charge is 2.07. The molecule has 1 aromatic heterocycles. The van der Waals surface area contributed by atoms with Crippen molar-refractivity contribution < 1.29 is 9.13 Å². The van der Waals surface area contributed by atoms with E-state index in [-0.39, 0.29) is 5.02 Å². The average Bonchev–Trinajstić information content (AvgIpc) is 2.67. The second kappa shape index (κ2) is 10.5. The molecule has 0 atom stereocenters. The van der Waals surface area contributed by atoms with Gasteiger partial charge in [0.05, 0.1) is 17.6 Å². The SMILES string of the molecule is CC.CC.COc1ccc2c(Nc3ccc(F)c(Cl)c3)ncnc2c1. The Morgan fingerprint density at radius 2 is 1.72 bits per heavy atom. The van der Waals surface area contributed by atoms with Crippen LogP contribution in [0.15, 0.2) is 42.7 Å². The Balaban J connectivity index is 0.000000730. The lowest BCUT2D eigenvalue weighted by atomic mass is 10.2. The Kier molecular flexibility index (Phi) is 8.64. The third-order valence-electron chi connectivity index (χ3n) is 3.03. The van der Waals surface area contributed by atoms with Crippen molar-refractivity contribution in [3.05, 3.63) is 53.6 Å². The maximum atomic E-state index is 13.2. The zero-order valence-electron chi connectivity index (χ0n) is 15.1. The Labute approximate surface area is 153 Å². The van der Waals surface area contributed by atoms with Gasteiger partial charge in [0, 0.05) is 17.1 Å². The molecular weight excluding hydrogens is 341 g/mol. The molecule has 0 saturated carbocycles. The summed E-state index contributed by atoms with van der Waals surface area (Å²) >= 11 is 5.77. The van der Waals surface area contributed by atoms with E-state index in [1.807, 2.05) is 45.9 Å². The van der Waals surface area contributed by atoms with Gasteiger partial charge >= 0.3 is 0 Å². The van der Waals surface area contributed by atoms with E-state index in [0.717, 1.165) is 16.7 Å². The molecule has 0 aliphatic carbocycles. The molecule has 0 radical (unpaired) electrons. The van der Waals surface area contributed by atoms with Gasteiger partial charge in [-0.25, -0.2) is 14.4 Å². The van der Waals surface area contributed by atoms with Crippen LogP contribution in [0.25, 0.3) is 10.9 Å². The van der Waals surface area contributed by atoms with Crippen molar-refractivity contribution in [3.63, 3.8) is 0 Å². The molecule has 2 aromatic carbocycles. The number of hydrogen-bond donors (Lipinski definition) is 1. The largest absolute Gasteiger partial charge is 0.497 e. The molecule has 1 heterocycles. The summed E-state index contributed by atoms with van der Waals surface area (Å²) in [6.07, 6.45) is 1.45. The maximum absolute atomic E-state index is 13.2. The van der Waals surface area contributed by atoms with Crippen molar-refractivity contribution in [2.45, 2.75) is 27.7 Å². The Morgan fingerprint density at radius 1 is 1.00 bits per heavy atom. The summed E-state index contributed by atoms with van der Waals surface area (Å²) in [4.78, 5) is 8.42. The average molecular weight is 364 g/mol. The minimum Gasteiger partial charge on any atom is -0.497 e. The van der Waals surface area contributed by atoms with Gasteiger partial charge in [-0.2, -0.15) is 0 Å². The van der Waals surface area contributed by atoms with Gasteiger partial charge in [0.2, 0.25) is 0 Å². The van der Waals surface area contributed by atoms with E-state index < -0.39 is 5.82 Å². The monoisotopic (exact) mass is 363 g/mol. The molecule has 3 aromatic rings. The second-order valence-corrected chi connectivity index (χ2v) is 4.77. The van der Waals surface area contributed by atoms with E-state index >= 15 is 0 Å². The minimum absolute atomic E-state index is 0.0556. The Morgan fingerprint density at radius 3 is 2.36 bits per heavy atom. The summed E-state index contributed by atoms with van der Waals surface area (Å²) in [6.45, 7) is 8.00. The van der Waals surface area contributed by atoms with Gasteiger partial charge in [-0.15, -0.1) is 0 Å². The van der Waals surface area contributed by atoms with E-state index in [2.05, 4.69) is 15.3 Å². The molecule has 0 amide bonds. The molecule has 6 heteroatoms. The zero-order valence-corrected chi connectivity index (χ0v) is 15.9. The van der Waals surface area contributed by atoms with Crippen molar-refractivity contribution >= 4 is 34.0 Å². The lowest BCUT2D eigenvalue weighted by molar-refractivity contribution is 0.415. The smallest absolute Gasteiger partial charge is 0.141 e. The standard InChI is InChI=1S/C15H11ClFN3O.2C2H6/c1-21-10-3-4-11-14(7-10)18-8-19-15(11)20-9-2-5-13(17)12(16)6-9;2*1-2/h2-8H,1H3,(H,18,19,20);2*1-2H3. The number of nitrogens with zero attached hydrogens (tertiary/aromatic N) is 2. The van der Waals surface area contributed by atoms with Crippen LogP contribution in [0.2, 0.25) is 5.02 Å². The van der Waals surface area contributed by atoms with Crippen LogP contribution in [0.1, 0.15) is 27.7 Å². The fourth-order valence-electron chi connectivity index (χ4n) is 1.97. The molecule has 1 N–H and O–H groups in total. The molecule has 3 rings (SSSR count). The predicted octanol–water partition coefficient (Wildman–Crippen LogP) is 6.23. The second-order valence-electron chi connectivity index (χ2n) is 4.36. The van der Waals surface area contributed by atoms with E-state index in [0.29, 0.717) is 11.5 Å². The molecule has 0 aliphatic heterocycles. The zero-order chi connectivity index (χ0) is 18.8. The summed E-state index contributed by atoms with van der Waals surface area (Å²) in [5, 5.41) is 4.00. The molecule has 0 saturated heterocycles. The molecule has 4 nitrogen and oxygen atoms in total. The van der Waals surface area contributed by atoms with Crippen molar-refractivity contribution in [2.24, 2.45) is 0 Å². The van der Waals surface area contributed by atoms with Crippen molar-refractivity contribution in [3.8, 4) is 5.75 Å². The van der Waals surface area contributed by atoms with Crippen LogP contribution < -0.4 is 10.1 Å². The van der Waals surface area contributed by atoms with Crippen LogP contribution in [0.4, 0.5) is 15.9 Å². The molecule has 0 aliphatic rings. The number of benzene rings is 2. The molecule has 0 fully saturated rings. The van der Waals surface area contributed by atoms with E-state index in [4.69, 9.17) is 16.3 Å². The fourth-order valence-corrected chi connectivity index (χ4v) is 2.15. The first-order valence-corrected chi connectivity index (χ1v) is 8.56. The molecule has 0 unspecified atom stereocenters. The summed E-state index contributed by atoms with van der Waals surface area (Å²) in [5.41, 5.74) is 1.40. The number of methoxy groups -OCH3 is 1. The summed E-state index contributed by atoms with van der Waals surface area (Å²) in [6, 6.07) is 9.92. The first kappa shape index (κ1) is 20.6. The Bertz CT molecular complexity index is 812. The first-order valence-electron chi connectivity index (χ1n) is 8.18. The van der Waals surface area contributed by atoms with Crippen LogP contribution in [0.3, 0.4) is 0 Å². The highest BCUT2D eigenvalue weighted by Crippen LogP contribution is 2.27. The van der Waals surface area contributed by atoms with E-state index in [1.54, 1.807) is 13.2 Å². The number of hydrogen-bond acceptors (Lipinski definition) is 4. The van der Waals surface area contributed by atoms with Crippen LogP contribution in [0.5, 0.6) is 5.75 Å². The lowest BCUT2D eigenvalue weighted by Crippen LogP contribution is -1.96. The van der Waals surface area contributed by atoms with Crippen LogP contribution in [0, 0.1) is 5.82 Å². The van der Waals surface area contributed by atoms with Crippen molar-refractivity contribution in [2.75, 3.05) is 12.4 Å². The van der Waals surface area contributed by atoms with Crippen LogP contribution in [-0.2, 0) is 0 Å². The number of fused-ring (bicyclic) bond motifs is 1. The predicted molar refractivity (Wildman–Crippen MR) is 103 cm³/mol. The van der Waals surface area contributed by atoms with Gasteiger partial charge in [0.1, 0.15) is 23.7 Å². The minimum atomic E-state index is -0.459. The topological polar surface area (TPSA) is 47.0 Å². The normalized spacial score (nSPS) is 9.40. The number of aromatic nitrogens is 2. The number of halogens is 2. The molecule has 25 heavy (non-hydrogen) atoms. The lowest BCUT2D eigenvalue weighted by Gasteiger charge is -2.09. The van der Waals surface area contributed by atoms with Crippen LogP contribution in [-0.4, -0.2) is 17.1 Å². The molecule has 0 bridgehead atoms. The number of nitrogens with one attached hydrogen (secondary N) is 1. The highest BCUT2D eigenvalue weighted by atomic mass is 35.5. The summed E-state index contributed by atoms with van der Waals surface area (Å²) in [5.74, 6) is 0.877. The molecule has 0 spiro atoms. The van der Waals surface area contributed by atoms with Gasteiger partial charge in [0.25, 0.3) is 0 Å². The van der Waals surface area contributed by atoms with E-state index in [1.165, 1.54) is 18.5 Å². The van der Waals surface area contributed by atoms with E-state index in [9.17, 15) is 4.39 Å². The highest BCUT2D eigenvalue weighted by molar-refractivity contribution is 6.31. The number of rotatable bonds is 3. The van der Waals surface area contributed by atoms with Crippen LogP contribution >= 0.6 is 11.6 Å². The quantitative estimate of drug-likeness (QED) is 0.599. The summed E-state index contributed by atoms with van der Waals surface area (Å²) < 4.78 is 18.3. The van der Waals surface area contributed by atoms with Crippen molar-refractivity contribution in [1.29, 1.82) is 0 Å². The van der Waals surface area contributed by atoms with Gasteiger partial charge in [-0.05, 0) is 30.3 Å². The third kappa shape index (κ3) is 5.29. The van der Waals surface area contributed by atoms with Gasteiger partial charge < -0.3 is 10.1 Å². The first-order chi connectivity index (χ1) is 12.2. The Hall–Kier alpha value is -2.40. The van der Waals surface area contributed by atoms with Gasteiger partial charge in [0.15, 0.2) is 0 Å². The van der Waals surface area contributed by atoms with Crippen molar-refractivity contribution in [1.82, 2.24) is 9.97 Å².